The molecule has 0 bridgehead atoms. The van der Waals surface area contributed by atoms with Gasteiger partial charge in [-0.25, -0.2) is 13.4 Å². The number of sulfone groups is 1. The van der Waals surface area contributed by atoms with Crippen molar-refractivity contribution in [3.63, 3.8) is 0 Å². The summed E-state index contributed by atoms with van der Waals surface area (Å²) in [6.45, 7) is 0.495. The van der Waals surface area contributed by atoms with Crippen LogP contribution in [-0.2, 0) is 32.5 Å². The van der Waals surface area contributed by atoms with Gasteiger partial charge < -0.3 is 29.4 Å². The normalized spacial score (nSPS) is 17.7. The average Bonchev–Trinajstić information content (AvgIpc) is 3.79. The number of aliphatic hydroxyl groups excluding tert-OH is 1. The second-order valence-corrected chi connectivity index (χ2v) is 13.7. The number of nitrogens with one attached hydrogen (secondary N) is 1. The fraction of sp³-hybridized carbons (Fsp3) is 0.278. The Kier molecular flexibility index (Phi) is 10.5. The third-order valence-corrected chi connectivity index (χ3v) is 10.1. The quantitative estimate of drug-likeness (QED) is 0.0714. The molecular weight excluding hydrogens is 662 g/mol. The number of azide groups is 1. The van der Waals surface area contributed by atoms with Crippen LogP contribution in [0.5, 0.6) is 17.2 Å². The molecule has 0 saturated carbocycles. The highest BCUT2D eigenvalue weighted by atomic mass is 32.2. The van der Waals surface area contributed by atoms with Gasteiger partial charge in [0.15, 0.2) is 33.0 Å². The molecule has 0 saturated heterocycles. The molecule has 258 valence electrons. The Morgan fingerprint density at radius 2 is 1.78 bits per heavy atom. The van der Waals surface area contributed by atoms with Crippen LogP contribution in [-0.4, -0.2) is 56.6 Å². The van der Waals surface area contributed by atoms with Gasteiger partial charge in [0.2, 0.25) is 12.7 Å². The van der Waals surface area contributed by atoms with E-state index in [1.54, 1.807) is 84.9 Å². The van der Waals surface area contributed by atoms with Gasteiger partial charge in [0.25, 0.3) is 5.91 Å². The molecule has 6 rings (SSSR count). The molecule has 0 spiro atoms. The van der Waals surface area contributed by atoms with Crippen molar-refractivity contribution < 1.29 is 37.3 Å². The number of hydrogen-bond acceptors (Lipinski definition) is 10. The second kappa shape index (κ2) is 15.3. The Bertz CT molecular complexity index is 2020. The van der Waals surface area contributed by atoms with E-state index in [4.69, 9.17) is 34.6 Å². The van der Waals surface area contributed by atoms with Gasteiger partial charge in [0.1, 0.15) is 5.75 Å². The van der Waals surface area contributed by atoms with E-state index < -0.39 is 33.1 Å². The Labute approximate surface area is 289 Å². The van der Waals surface area contributed by atoms with Crippen LogP contribution >= 0.6 is 0 Å². The number of amides is 1. The number of carbonyl (C=O) groups is 1. The van der Waals surface area contributed by atoms with Gasteiger partial charge in [-0.1, -0.05) is 53.6 Å². The van der Waals surface area contributed by atoms with Crippen LogP contribution in [0.3, 0.4) is 0 Å². The molecule has 0 aromatic heterocycles. The first kappa shape index (κ1) is 34.3. The van der Waals surface area contributed by atoms with Crippen LogP contribution in [0.15, 0.2) is 112 Å². The van der Waals surface area contributed by atoms with E-state index >= 15 is 0 Å². The van der Waals surface area contributed by atoms with Crippen molar-refractivity contribution in [3.05, 3.63) is 130 Å². The van der Waals surface area contributed by atoms with E-state index in [9.17, 15) is 13.2 Å². The topological polar surface area (TPSA) is 182 Å². The molecule has 4 aromatic carbocycles. The number of nitrogens with zero attached hydrogens (tertiary/aromatic N) is 4. The fourth-order valence-electron chi connectivity index (χ4n) is 5.81. The summed E-state index contributed by atoms with van der Waals surface area (Å²) < 4.78 is 50.5. The molecule has 0 unspecified atom stereocenters. The fourth-order valence-corrected chi connectivity index (χ4v) is 7.20. The first-order valence-electron chi connectivity index (χ1n) is 16.0. The molecule has 2 N–H and O–H groups in total. The lowest BCUT2D eigenvalue weighted by Crippen LogP contribution is -2.49. The summed E-state index contributed by atoms with van der Waals surface area (Å²) in [4.78, 5) is 22.6. The Morgan fingerprint density at radius 1 is 1.02 bits per heavy atom. The third kappa shape index (κ3) is 7.52. The van der Waals surface area contributed by atoms with Gasteiger partial charge in [0.05, 0.1) is 23.8 Å². The lowest BCUT2D eigenvalue weighted by Gasteiger charge is -2.31. The Hall–Kier alpha value is -5.56. The number of fused-ring (bicyclic) bond motifs is 1. The number of aliphatic hydroxyl groups is 1. The molecule has 2 heterocycles. The molecular formula is C36H35N5O8S. The molecule has 0 radical (unpaired) electrons. The third-order valence-electron chi connectivity index (χ3n) is 8.42. The van der Waals surface area contributed by atoms with E-state index in [0.717, 1.165) is 5.56 Å². The molecule has 4 aromatic rings. The van der Waals surface area contributed by atoms with Gasteiger partial charge >= 0.3 is 0 Å². The van der Waals surface area contributed by atoms with E-state index in [1.165, 1.54) is 12.1 Å². The minimum atomic E-state index is -3.86. The Morgan fingerprint density at radius 3 is 2.56 bits per heavy atom. The minimum absolute atomic E-state index is 0.00404. The predicted octanol–water partition coefficient (Wildman–Crippen LogP) is 5.42. The monoisotopic (exact) mass is 697 g/mol. The summed E-state index contributed by atoms with van der Waals surface area (Å²) in [5.74, 6) is 0.882. The highest BCUT2D eigenvalue weighted by Crippen LogP contribution is 2.44. The van der Waals surface area contributed by atoms with Crippen LogP contribution in [0.2, 0.25) is 0 Å². The van der Waals surface area contributed by atoms with E-state index in [1.807, 2.05) is 0 Å². The largest absolute Gasteiger partial charge is 0.494 e. The summed E-state index contributed by atoms with van der Waals surface area (Å²) in [5.41, 5.74) is 9.73. The first-order valence-corrected chi connectivity index (χ1v) is 17.6. The minimum Gasteiger partial charge on any atom is -0.494 e. The summed E-state index contributed by atoms with van der Waals surface area (Å²) >= 11 is 0. The number of carbonyl (C=O) groups excluding carboxylic acids is 1. The van der Waals surface area contributed by atoms with Crippen molar-refractivity contribution in [2.75, 3.05) is 25.8 Å². The summed E-state index contributed by atoms with van der Waals surface area (Å²) in [5, 5.41) is 15.8. The van der Waals surface area contributed by atoms with Crippen molar-refractivity contribution in [1.82, 2.24) is 5.32 Å². The Balaban J connectivity index is 1.41. The van der Waals surface area contributed by atoms with Crippen molar-refractivity contribution in [1.29, 1.82) is 0 Å². The van der Waals surface area contributed by atoms with Crippen molar-refractivity contribution >= 4 is 21.6 Å². The zero-order chi connectivity index (χ0) is 35.0. The number of benzene rings is 4. The van der Waals surface area contributed by atoms with Crippen molar-refractivity contribution in [2.45, 2.75) is 42.5 Å². The van der Waals surface area contributed by atoms with Gasteiger partial charge in [-0.15, -0.1) is 0 Å². The highest BCUT2D eigenvalue weighted by Gasteiger charge is 2.54. The van der Waals surface area contributed by atoms with Gasteiger partial charge in [0, 0.05) is 36.5 Å². The van der Waals surface area contributed by atoms with Gasteiger partial charge in [-0.3, -0.25) is 4.79 Å². The summed E-state index contributed by atoms with van der Waals surface area (Å²) in [6, 6.07) is 27.3. The standard InChI is InChI=1S/C36H35N5O8S/c37-41-39-23-27-7-4-5-10-30(27)33-36(17-20-50(44,45)29-8-2-1-3-9-29,35(43)38-22-25-11-16-31-32(21-25)48-24-47-31)40-34(49-33)26-12-14-28(15-13-26)46-19-6-18-42/h1-5,7-16,21,33,42H,6,17-20,22-24H2,(H,38,43)/t33-,36-/m1/s1. The maximum atomic E-state index is 14.6. The molecule has 1 amide bonds. The predicted molar refractivity (Wildman–Crippen MR) is 184 cm³/mol. The van der Waals surface area contributed by atoms with Gasteiger partial charge in [-0.05, 0) is 70.8 Å². The summed E-state index contributed by atoms with van der Waals surface area (Å²) in [6.07, 6.45) is -0.848. The molecule has 13 nitrogen and oxygen atoms in total. The van der Waals surface area contributed by atoms with Crippen LogP contribution in [0.25, 0.3) is 10.4 Å². The molecule has 0 aliphatic carbocycles. The van der Waals surface area contributed by atoms with Crippen LogP contribution in [0.4, 0.5) is 0 Å². The molecule has 2 aliphatic rings. The summed E-state index contributed by atoms with van der Waals surface area (Å²) in [7, 11) is -3.86. The number of hydrogen-bond donors (Lipinski definition) is 2. The first-order chi connectivity index (χ1) is 24.3. The lowest BCUT2D eigenvalue weighted by atomic mass is 9.83. The maximum absolute atomic E-state index is 14.6. The SMILES string of the molecule is [N-]=[N+]=NCc1ccccc1[C@H]1OC(c2ccc(OCCCO)cc2)=N[C@@]1(CCS(=O)(=O)c1ccccc1)C(=O)NCc1ccc2c(c1)OCO2. The van der Waals surface area contributed by atoms with Crippen molar-refractivity contribution in [2.24, 2.45) is 10.1 Å². The number of rotatable bonds is 15. The van der Waals surface area contributed by atoms with Crippen LogP contribution in [0, 0.1) is 0 Å². The molecule has 50 heavy (non-hydrogen) atoms. The van der Waals surface area contributed by atoms with E-state index in [-0.39, 0.29) is 43.7 Å². The van der Waals surface area contributed by atoms with Crippen molar-refractivity contribution in [3.8, 4) is 17.2 Å². The smallest absolute Gasteiger partial charge is 0.252 e. The molecule has 0 fully saturated rings. The molecule has 2 aliphatic heterocycles. The van der Waals surface area contributed by atoms with E-state index in [0.29, 0.717) is 47.0 Å². The van der Waals surface area contributed by atoms with Crippen LogP contribution in [0.1, 0.15) is 41.2 Å². The zero-order valence-corrected chi connectivity index (χ0v) is 27.8. The molecule has 2 atom stereocenters. The number of ether oxygens (including phenoxy) is 4. The van der Waals surface area contributed by atoms with Crippen LogP contribution < -0.4 is 19.5 Å². The lowest BCUT2D eigenvalue weighted by molar-refractivity contribution is -0.129. The second-order valence-electron chi connectivity index (χ2n) is 11.6. The average molecular weight is 698 g/mol. The molecule has 14 heteroatoms. The van der Waals surface area contributed by atoms with Gasteiger partial charge in [-0.2, -0.15) is 0 Å². The number of aliphatic imine (C=N–C) groups is 1. The maximum Gasteiger partial charge on any atom is 0.252 e. The van der Waals surface area contributed by atoms with E-state index in [2.05, 4.69) is 15.3 Å². The zero-order valence-electron chi connectivity index (χ0n) is 27.0. The highest BCUT2D eigenvalue weighted by molar-refractivity contribution is 7.91.